The predicted molar refractivity (Wildman–Crippen MR) is 123 cm³/mol. The number of nitrogens with zero attached hydrogens (tertiary/aromatic N) is 1. The molecule has 4 rings (SSSR count). The maximum atomic E-state index is 12.6. The number of fused-ring (bicyclic) bond motifs is 1. The molecule has 0 spiro atoms. The number of para-hydroxylation sites is 1. The predicted octanol–water partition coefficient (Wildman–Crippen LogP) is 4.67. The number of thiazole rings is 1. The van der Waals surface area contributed by atoms with Crippen LogP contribution >= 0.6 is 11.3 Å². The lowest BCUT2D eigenvalue weighted by Gasteiger charge is -2.09. The van der Waals surface area contributed by atoms with Gasteiger partial charge >= 0.3 is 0 Å². The third-order valence-electron chi connectivity index (χ3n) is 4.55. The van der Waals surface area contributed by atoms with Gasteiger partial charge in [0.1, 0.15) is 11.3 Å². The zero-order valence-electron chi connectivity index (χ0n) is 16.7. The molecule has 1 aromatic heterocycles. The topological polar surface area (TPSA) is 97.4 Å². The molecule has 0 aliphatic carbocycles. The average molecular weight is 454 g/mol. The van der Waals surface area contributed by atoms with Crippen molar-refractivity contribution in [2.24, 2.45) is 0 Å². The van der Waals surface area contributed by atoms with Crippen molar-refractivity contribution in [3.05, 3.63) is 77.9 Å². The Morgan fingerprint density at radius 1 is 1.00 bits per heavy atom. The summed E-state index contributed by atoms with van der Waals surface area (Å²) >= 11 is 1.34. The second-order valence-electron chi connectivity index (χ2n) is 6.78. The van der Waals surface area contributed by atoms with Crippen molar-refractivity contribution < 1.29 is 17.9 Å². The van der Waals surface area contributed by atoms with Crippen LogP contribution in [0.15, 0.2) is 71.6 Å². The second kappa shape index (κ2) is 8.37. The molecule has 0 saturated carbocycles. The minimum absolute atomic E-state index is 0.172. The van der Waals surface area contributed by atoms with Crippen molar-refractivity contribution in [3.8, 4) is 5.75 Å². The molecule has 7 nitrogen and oxygen atoms in total. The molecule has 3 aromatic carbocycles. The first-order valence-electron chi connectivity index (χ1n) is 9.30. The number of hydrogen-bond donors (Lipinski definition) is 2. The highest BCUT2D eigenvalue weighted by atomic mass is 32.2. The summed E-state index contributed by atoms with van der Waals surface area (Å²) in [7, 11) is -2.13. The summed E-state index contributed by atoms with van der Waals surface area (Å²) < 4.78 is 33.7. The molecule has 0 radical (unpaired) electrons. The number of anilines is 2. The van der Waals surface area contributed by atoms with E-state index in [0.29, 0.717) is 27.6 Å². The van der Waals surface area contributed by atoms with Gasteiger partial charge in [-0.2, -0.15) is 0 Å². The monoisotopic (exact) mass is 453 g/mol. The van der Waals surface area contributed by atoms with Crippen molar-refractivity contribution in [3.63, 3.8) is 0 Å². The van der Waals surface area contributed by atoms with E-state index >= 15 is 0 Å². The zero-order chi connectivity index (χ0) is 22.0. The van der Waals surface area contributed by atoms with Crippen LogP contribution in [0, 0.1) is 6.92 Å². The number of aryl methyl sites for hydroxylation is 1. The van der Waals surface area contributed by atoms with Crippen LogP contribution in [-0.4, -0.2) is 26.4 Å². The Kier molecular flexibility index (Phi) is 5.62. The minimum atomic E-state index is -3.70. The van der Waals surface area contributed by atoms with Crippen molar-refractivity contribution in [2.75, 3.05) is 17.1 Å². The summed E-state index contributed by atoms with van der Waals surface area (Å²) in [5.41, 5.74) is 2.40. The Morgan fingerprint density at radius 3 is 2.39 bits per heavy atom. The van der Waals surface area contributed by atoms with Gasteiger partial charge in [-0.3, -0.25) is 14.8 Å². The summed E-state index contributed by atoms with van der Waals surface area (Å²) in [5, 5.41) is 3.22. The van der Waals surface area contributed by atoms with E-state index in [4.69, 9.17) is 4.74 Å². The van der Waals surface area contributed by atoms with Crippen LogP contribution in [0.1, 0.15) is 15.9 Å². The van der Waals surface area contributed by atoms with Crippen molar-refractivity contribution >= 4 is 48.3 Å². The van der Waals surface area contributed by atoms with Crippen molar-refractivity contribution in [1.82, 2.24) is 4.98 Å². The minimum Gasteiger partial charge on any atom is -0.494 e. The fourth-order valence-electron chi connectivity index (χ4n) is 2.93. The zero-order valence-corrected chi connectivity index (χ0v) is 18.4. The van der Waals surface area contributed by atoms with Crippen molar-refractivity contribution in [2.45, 2.75) is 11.8 Å². The molecule has 0 bridgehead atoms. The molecule has 1 heterocycles. The molecule has 9 heteroatoms. The molecule has 0 aliphatic heterocycles. The average Bonchev–Trinajstić information content (AvgIpc) is 3.16. The molecule has 0 saturated heterocycles. The summed E-state index contributed by atoms with van der Waals surface area (Å²) in [5.74, 6) is 0.297. The summed E-state index contributed by atoms with van der Waals surface area (Å²) in [6.07, 6.45) is 0. The number of aromatic nitrogens is 1. The SMILES string of the molecule is COc1cccc2sc(NC(=O)c3ccc(NS(=O)(=O)c4ccc(C)cc4)cc3)nc12. The fraction of sp³-hybridized carbons (Fsp3) is 0.0909. The Balaban J connectivity index is 1.48. The molecule has 0 aliphatic rings. The number of methoxy groups -OCH3 is 1. The molecule has 2 N–H and O–H groups in total. The van der Waals surface area contributed by atoms with Gasteiger partial charge in [0, 0.05) is 11.3 Å². The first-order chi connectivity index (χ1) is 14.9. The van der Waals surface area contributed by atoms with Crippen molar-refractivity contribution in [1.29, 1.82) is 0 Å². The number of ether oxygens (including phenoxy) is 1. The number of carbonyl (C=O) groups is 1. The van der Waals surface area contributed by atoms with E-state index in [1.165, 1.54) is 11.3 Å². The van der Waals surface area contributed by atoms with E-state index in [1.54, 1.807) is 55.6 Å². The van der Waals surface area contributed by atoms with E-state index in [2.05, 4.69) is 15.0 Å². The van der Waals surface area contributed by atoms with E-state index < -0.39 is 10.0 Å². The number of benzene rings is 3. The number of amides is 1. The maximum absolute atomic E-state index is 12.6. The number of hydrogen-bond acceptors (Lipinski definition) is 6. The summed E-state index contributed by atoms with van der Waals surface area (Å²) in [4.78, 5) is 17.2. The molecule has 0 atom stereocenters. The third kappa shape index (κ3) is 4.52. The molecule has 31 heavy (non-hydrogen) atoms. The molecule has 158 valence electrons. The molecule has 1 amide bonds. The van der Waals surface area contributed by atoms with E-state index in [9.17, 15) is 13.2 Å². The highest BCUT2D eigenvalue weighted by Gasteiger charge is 2.15. The molecule has 0 fully saturated rings. The smallest absolute Gasteiger partial charge is 0.261 e. The van der Waals surface area contributed by atoms with Crippen LogP contribution < -0.4 is 14.8 Å². The lowest BCUT2D eigenvalue weighted by molar-refractivity contribution is 0.102. The quantitative estimate of drug-likeness (QED) is 0.442. The first-order valence-corrected chi connectivity index (χ1v) is 11.6. The van der Waals surface area contributed by atoms with Crippen LogP contribution in [0.5, 0.6) is 5.75 Å². The highest BCUT2D eigenvalue weighted by molar-refractivity contribution is 7.92. The maximum Gasteiger partial charge on any atom is 0.261 e. The van der Waals surface area contributed by atoms with Gasteiger partial charge in [-0.1, -0.05) is 35.1 Å². The largest absolute Gasteiger partial charge is 0.494 e. The molecular weight excluding hydrogens is 434 g/mol. The van der Waals surface area contributed by atoms with Crippen LogP contribution in [0.2, 0.25) is 0 Å². The number of carbonyl (C=O) groups excluding carboxylic acids is 1. The fourth-order valence-corrected chi connectivity index (χ4v) is 4.87. The van der Waals surface area contributed by atoms with E-state index in [0.717, 1.165) is 10.3 Å². The lowest BCUT2D eigenvalue weighted by atomic mass is 10.2. The van der Waals surface area contributed by atoms with Gasteiger partial charge in [-0.15, -0.1) is 0 Å². The lowest BCUT2D eigenvalue weighted by Crippen LogP contribution is -2.14. The Morgan fingerprint density at radius 2 is 1.71 bits per heavy atom. The second-order valence-corrected chi connectivity index (χ2v) is 9.49. The number of sulfonamides is 1. The van der Waals surface area contributed by atoms with Crippen LogP contribution in [-0.2, 0) is 10.0 Å². The molecule has 0 unspecified atom stereocenters. The highest BCUT2D eigenvalue weighted by Crippen LogP contribution is 2.32. The standard InChI is InChI=1S/C22H19N3O4S2/c1-14-6-12-17(13-7-14)31(27,28)25-16-10-8-15(9-11-16)21(26)24-22-23-20-18(29-2)4-3-5-19(20)30-22/h3-13,25H,1-2H3,(H,23,24,26). The van der Waals surface area contributed by atoms with Gasteiger partial charge < -0.3 is 4.74 Å². The van der Waals surface area contributed by atoms with Gasteiger partial charge in [0.2, 0.25) is 0 Å². The molecule has 4 aromatic rings. The Hall–Kier alpha value is -3.43. The first kappa shape index (κ1) is 20.8. The number of rotatable bonds is 6. The van der Waals surface area contributed by atoms with Gasteiger partial charge in [0.25, 0.3) is 15.9 Å². The van der Waals surface area contributed by atoms with Gasteiger partial charge in [0.15, 0.2) is 5.13 Å². The van der Waals surface area contributed by atoms with Gasteiger partial charge in [-0.25, -0.2) is 13.4 Å². The van der Waals surface area contributed by atoms with E-state index in [-0.39, 0.29) is 10.8 Å². The Labute approximate surface area is 183 Å². The van der Waals surface area contributed by atoms with Crippen LogP contribution in [0.4, 0.5) is 10.8 Å². The number of nitrogens with one attached hydrogen (secondary N) is 2. The molecular formula is C22H19N3O4S2. The van der Waals surface area contributed by atoms with Crippen LogP contribution in [0.3, 0.4) is 0 Å². The normalized spacial score (nSPS) is 11.3. The third-order valence-corrected chi connectivity index (χ3v) is 6.89. The Bertz CT molecular complexity index is 1350. The summed E-state index contributed by atoms with van der Waals surface area (Å²) in [6.45, 7) is 1.89. The van der Waals surface area contributed by atoms with Gasteiger partial charge in [0.05, 0.1) is 16.7 Å². The van der Waals surface area contributed by atoms with Gasteiger partial charge in [-0.05, 0) is 55.5 Å². The summed E-state index contributed by atoms with van der Waals surface area (Å²) in [6, 6.07) is 18.3. The van der Waals surface area contributed by atoms with Crippen LogP contribution in [0.25, 0.3) is 10.2 Å². The van der Waals surface area contributed by atoms with E-state index in [1.807, 2.05) is 25.1 Å².